The maximum Gasteiger partial charge on any atom is 0.331 e. The molecule has 0 fully saturated rings. The van der Waals surface area contributed by atoms with Crippen LogP contribution in [0.2, 0.25) is 5.02 Å². The van der Waals surface area contributed by atoms with Gasteiger partial charge in [-0.05, 0) is 42.2 Å². The number of nitrogens with one attached hydrogen (secondary N) is 1. The highest BCUT2D eigenvalue weighted by molar-refractivity contribution is 8.02. The fourth-order valence-electron chi connectivity index (χ4n) is 1.78. The molecule has 0 unspecified atom stereocenters. The number of carbonyl (C=O) groups is 2. The molecule has 0 bridgehead atoms. The highest BCUT2D eigenvalue weighted by atomic mass is 35.5. The van der Waals surface area contributed by atoms with Gasteiger partial charge in [-0.2, -0.15) is 0 Å². The van der Waals surface area contributed by atoms with Gasteiger partial charge in [-0.1, -0.05) is 47.6 Å². The van der Waals surface area contributed by atoms with Crippen molar-refractivity contribution in [2.24, 2.45) is 0 Å². The minimum Gasteiger partial charge on any atom is -0.452 e. The second-order valence-electron chi connectivity index (χ2n) is 4.80. The molecule has 2 rings (SSSR count). The summed E-state index contributed by atoms with van der Waals surface area (Å²) in [6.07, 6.45) is 1.29. The van der Waals surface area contributed by atoms with Crippen LogP contribution in [0.4, 0.5) is 5.69 Å². The molecule has 0 aliphatic carbocycles. The quantitative estimate of drug-likeness (QED) is 0.469. The van der Waals surface area contributed by atoms with Gasteiger partial charge in [0.25, 0.3) is 5.91 Å². The van der Waals surface area contributed by atoms with E-state index < -0.39 is 11.9 Å². The number of esters is 1. The number of benzene rings is 2. The molecular formula is C18H16ClNO3S. The lowest BCUT2D eigenvalue weighted by Gasteiger charge is -2.09. The number of hydrogen-bond donors (Lipinski definition) is 1. The standard InChI is InChI=1S/C18H16ClNO3S/c1-13-15(19)8-5-9-16(13)20-17(21)12-23-18(22)10-11-24-14-6-3-2-4-7-14/h2-11H,12H2,1H3,(H,20,21)/b11-10+. The van der Waals surface area contributed by atoms with Gasteiger partial charge >= 0.3 is 5.97 Å². The summed E-state index contributed by atoms with van der Waals surface area (Å²) in [5.41, 5.74) is 1.36. The van der Waals surface area contributed by atoms with Crippen molar-refractivity contribution in [1.29, 1.82) is 0 Å². The highest BCUT2D eigenvalue weighted by Gasteiger charge is 2.08. The first-order valence-corrected chi connectivity index (χ1v) is 8.42. The zero-order valence-corrected chi connectivity index (χ0v) is 14.6. The Kier molecular flexibility index (Phi) is 6.90. The minimum atomic E-state index is -0.573. The number of halogens is 1. The third-order valence-electron chi connectivity index (χ3n) is 3.04. The summed E-state index contributed by atoms with van der Waals surface area (Å²) in [6, 6.07) is 14.8. The molecule has 4 nitrogen and oxygen atoms in total. The smallest absolute Gasteiger partial charge is 0.331 e. The SMILES string of the molecule is Cc1c(Cl)cccc1NC(=O)COC(=O)/C=C/Sc1ccccc1. The van der Waals surface area contributed by atoms with Crippen LogP contribution in [0.15, 0.2) is 64.9 Å². The van der Waals surface area contributed by atoms with Gasteiger partial charge in [0.15, 0.2) is 6.61 Å². The Labute approximate surface area is 149 Å². The average Bonchev–Trinajstić information content (AvgIpc) is 2.58. The lowest BCUT2D eigenvalue weighted by Crippen LogP contribution is -2.20. The van der Waals surface area contributed by atoms with Crippen molar-refractivity contribution < 1.29 is 14.3 Å². The molecule has 24 heavy (non-hydrogen) atoms. The van der Waals surface area contributed by atoms with Gasteiger partial charge in [0, 0.05) is 21.7 Å². The van der Waals surface area contributed by atoms with E-state index in [1.165, 1.54) is 17.8 Å². The van der Waals surface area contributed by atoms with Crippen LogP contribution < -0.4 is 5.32 Å². The van der Waals surface area contributed by atoms with Crippen molar-refractivity contribution >= 4 is 40.9 Å². The number of thioether (sulfide) groups is 1. The second-order valence-corrected chi connectivity index (χ2v) is 6.19. The van der Waals surface area contributed by atoms with Gasteiger partial charge < -0.3 is 10.1 Å². The molecule has 1 N–H and O–H groups in total. The molecule has 0 saturated carbocycles. The summed E-state index contributed by atoms with van der Waals surface area (Å²) in [5, 5.41) is 4.84. The van der Waals surface area contributed by atoms with E-state index in [9.17, 15) is 9.59 Å². The zero-order chi connectivity index (χ0) is 17.4. The first-order valence-electron chi connectivity index (χ1n) is 7.16. The predicted molar refractivity (Wildman–Crippen MR) is 97.2 cm³/mol. The number of amides is 1. The Morgan fingerprint density at radius 3 is 2.67 bits per heavy atom. The van der Waals surface area contributed by atoms with E-state index in [4.69, 9.17) is 16.3 Å². The van der Waals surface area contributed by atoms with Crippen LogP contribution in [0.3, 0.4) is 0 Å². The summed E-state index contributed by atoms with van der Waals surface area (Å²) in [7, 11) is 0. The Hall–Kier alpha value is -2.24. The molecule has 0 atom stereocenters. The molecule has 0 heterocycles. The summed E-state index contributed by atoms with van der Waals surface area (Å²) in [6.45, 7) is 1.44. The average molecular weight is 362 g/mol. The van der Waals surface area contributed by atoms with Gasteiger partial charge in [-0.25, -0.2) is 4.79 Å². The highest BCUT2D eigenvalue weighted by Crippen LogP contribution is 2.22. The van der Waals surface area contributed by atoms with Crippen molar-refractivity contribution in [3.05, 3.63) is 70.6 Å². The molecule has 0 radical (unpaired) electrons. The van der Waals surface area contributed by atoms with Crippen molar-refractivity contribution in [2.75, 3.05) is 11.9 Å². The third-order valence-corrected chi connectivity index (χ3v) is 4.26. The maximum atomic E-state index is 11.8. The van der Waals surface area contributed by atoms with Crippen LogP contribution in [0.25, 0.3) is 0 Å². The molecule has 6 heteroatoms. The molecule has 124 valence electrons. The summed E-state index contributed by atoms with van der Waals surface area (Å²) in [4.78, 5) is 24.4. The Balaban J connectivity index is 1.77. The second kappa shape index (κ2) is 9.15. The molecule has 2 aromatic carbocycles. The number of rotatable bonds is 6. The zero-order valence-electron chi connectivity index (χ0n) is 13.0. The van der Waals surface area contributed by atoms with Crippen molar-refractivity contribution in [1.82, 2.24) is 0 Å². The lowest BCUT2D eigenvalue weighted by atomic mass is 10.2. The number of ether oxygens (including phenoxy) is 1. The maximum absolute atomic E-state index is 11.8. The Morgan fingerprint density at radius 1 is 1.17 bits per heavy atom. The van der Waals surface area contributed by atoms with Gasteiger partial charge in [0.1, 0.15) is 0 Å². The summed E-state index contributed by atoms with van der Waals surface area (Å²) in [5.74, 6) is -0.991. The van der Waals surface area contributed by atoms with Crippen LogP contribution in [-0.2, 0) is 14.3 Å². The van der Waals surface area contributed by atoms with E-state index in [2.05, 4.69) is 5.32 Å². The molecule has 0 aliphatic rings. The molecule has 1 amide bonds. The molecule has 0 saturated heterocycles. The number of anilines is 1. The van der Waals surface area contributed by atoms with Gasteiger partial charge in [0.2, 0.25) is 0 Å². The van der Waals surface area contributed by atoms with E-state index in [0.29, 0.717) is 10.7 Å². The fraction of sp³-hybridized carbons (Fsp3) is 0.111. The minimum absolute atomic E-state index is 0.356. The fourth-order valence-corrected chi connectivity index (χ4v) is 2.61. The topological polar surface area (TPSA) is 55.4 Å². The van der Waals surface area contributed by atoms with Crippen LogP contribution >= 0.6 is 23.4 Å². The monoisotopic (exact) mass is 361 g/mol. The Morgan fingerprint density at radius 2 is 1.92 bits per heavy atom. The van der Waals surface area contributed by atoms with Crippen LogP contribution in [0, 0.1) is 6.92 Å². The van der Waals surface area contributed by atoms with Gasteiger partial charge in [-0.15, -0.1) is 0 Å². The number of carbonyl (C=O) groups excluding carboxylic acids is 2. The van der Waals surface area contributed by atoms with Crippen molar-refractivity contribution in [2.45, 2.75) is 11.8 Å². The van der Waals surface area contributed by atoms with E-state index in [-0.39, 0.29) is 6.61 Å². The summed E-state index contributed by atoms with van der Waals surface area (Å²) < 4.78 is 4.90. The molecular weight excluding hydrogens is 346 g/mol. The van der Waals surface area contributed by atoms with E-state index in [0.717, 1.165) is 10.5 Å². The summed E-state index contributed by atoms with van der Waals surface area (Å²) >= 11 is 7.38. The normalized spacial score (nSPS) is 10.6. The Bertz CT molecular complexity index is 747. The number of hydrogen-bond acceptors (Lipinski definition) is 4. The molecule has 0 aromatic heterocycles. The largest absolute Gasteiger partial charge is 0.452 e. The lowest BCUT2D eigenvalue weighted by molar-refractivity contribution is -0.142. The molecule has 0 spiro atoms. The van der Waals surface area contributed by atoms with Crippen molar-refractivity contribution in [3.63, 3.8) is 0 Å². The van der Waals surface area contributed by atoms with E-state index in [1.54, 1.807) is 30.5 Å². The molecule has 2 aromatic rings. The predicted octanol–water partition coefficient (Wildman–Crippen LogP) is 4.44. The van der Waals surface area contributed by atoms with Gasteiger partial charge in [0.05, 0.1) is 0 Å². The van der Waals surface area contributed by atoms with E-state index in [1.807, 2.05) is 30.3 Å². The molecule has 0 aliphatic heterocycles. The van der Waals surface area contributed by atoms with Crippen molar-refractivity contribution in [3.8, 4) is 0 Å². The van der Waals surface area contributed by atoms with Gasteiger partial charge in [-0.3, -0.25) is 4.79 Å². The first-order chi connectivity index (χ1) is 11.6. The van der Waals surface area contributed by atoms with E-state index >= 15 is 0 Å². The van der Waals surface area contributed by atoms with Crippen LogP contribution in [-0.4, -0.2) is 18.5 Å². The first kappa shape index (κ1) is 18.1. The van der Waals surface area contributed by atoms with Crippen LogP contribution in [0.5, 0.6) is 0 Å². The van der Waals surface area contributed by atoms with Crippen LogP contribution in [0.1, 0.15) is 5.56 Å². The third kappa shape index (κ3) is 5.76.